The third-order valence-electron chi connectivity index (χ3n) is 4.84. The molecule has 0 fully saturated rings. The van der Waals surface area contributed by atoms with Crippen molar-refractivity contribution in [3.05, 3.63) is 36.4 Å². The SMILES string of the molecule is Nc1cc(S(=O)(=O)O)cc2cc(S(=O)(=O)O)c(N=Nc3ccc(S(=O)(=O)CCOS(=O)(=O)O)cc3[O-])c([O-])c12.[Cu+2]. The van der Waals surface area contributed by atoms with Crippen LogP contribution in [0.5, 0.6) is 11.5 Å². The van der Waals surface area contributed by atoms with Gasteiger partial charge in [0.25, 0.3) is 20.2 Å². The van der Waals surface area contributed by atoms with Crippen LogP contribution in [0.25, 0.3) is 10.8 Å². The molecule has 0 aliphatic heterocycles. The molecule has 5 N–H and O–H groups in total. The molecule has 40 heavy (non-hydrogen) atoms. The van der Waals surface area contributed by atoms with Crippen molar-refractivity contribution in [2.45, 2.75) is 14.7 Å². The molecular weight excluding hydrogens is 674 g/mol. The molecule has 0 amide bonds. The molecule has 1 radical (unpaired) electrons. The van der Waals surface area contributed by atoms with Crippen LogP contribution in [0, 0.1) is 0 Å². The topological polar surface area (TPSA) is 303 Å². The van der Waals surface area contributed by atoms with Crippen LogP contribution in [0.1, 0.15) is 0 Å². The molecular formula is C18H15CuN3O14S4. The van der Waals surface area contributed by atoms with Gasteiger partial charge in [0, 0.05) is 5.69 Å². The zero-order chi connectivity index (χ0) is 29.6. The summed E-state index contributed by atoms with van der Waals surface area (Å²) in [4.78, 5) is -2.53. The van der Waals surface area contributed by atoms with Crippen molar-refractivity contribution in [1.29, 1.82) is 0 Å². The first kappa shape index (κ1) is 33.3. The third kappa shape index (κ3) is 7.63. The van der Waals surface area contributed by atoms with Crippen molar-refractivity contribution in [1.82, 2.24) is 0 Å². The largest absolute Gasteiger partial charge is 2.00 e. The summed E-state index contributed by atoms with van der Waals surface area (Å²) in [6.07, 6.45) is 0. The number of azo groups is 1. The van der Waals surface area contributed by atoms with E-state index >= 15 is 0 Å². The van der Waals surface area contributed by atoms with Gasteiger partial charge in [-0.1, -0.05) is 11.5 Å². The molecule has 0 aromatic heterocycles. The van der Waals surface area contributed by atoms with Crippen LogP contribution >= 0.6 is 0 Å². The molecule has 0 unspecified atom stereocenters. The van der Waals surface area contributed by atoms with Crippen molar-refractivity contribution in [3.8, 4) is 11.5 Å². The Balaban J connectivity index is 0.00000560. The van der Waals surface area contributed by atoms with Crippen LogP contribution in [-0.4, -0.2) is 59.7 Å². The van der Waals surface area contributed by atoms with Crippen LogP contribution in [0.15, 0.2) is 61.3 Å². The minimum Gasteiger partial charge on any atom is -0.871 e. The molecule has 0 atom stereocenters. The van der Waals surface area contributed by atoms with E-state index < -0.39 is 107 Å². The number of sulfone groups is 1. The van der Waals surface area contributed by atoms with Crippen molar-refractivity contribution < 1.29 is 78.8 Å². The first-order chi connectivity index (χ1) is 17.7. The number of nitrogens with zero attached hydrogens (tertiary/aromatic N) is 2. The summed E-state index contributed by atoms with van der Waals surface area (Å²) < 4.78 is 124. The second-order valence-electron chi connectivity index (χ2n) is 7.51. The molecule has 0 saturated heterocycles. The monoisotopic (exact) mass is 688 g/mol. The fourth-order valence-electron chi connectivity index (χ4n) is 3.16. The maximum absolute atomic E-state index is 13.0. The Labute approximate surface area is 237 Å². The summed E-state index contributed by atoms with van der Waals surface area (Å²) in [6, 6.07) is 4.31. The summed E-state index contributed by atoms with van der Waals surface area (Å²) in [6.45, 7) is -0.960. The van der Waals surface area contributed by atoms with E-state index in [1.54, 1.807) is 0 Å². The quantitative estimate of drug-likeness (QED) is 0.1000. The van der Waals surface area contributed by atoms with Gasteiger partial charge < -0.3 is 15.9 Å². The number of anilines is 1. The minimum atomic E-state index is -5.21. The molecule has 3 rings (SSSR count). The van der Waals surface area contributed by atoms with Crippen molar-refractivity contribution in [2.75, 3.05) is 18.1 Å². The van der Waals surface area contributed by atoms with E-state index in [0.29, 0.717) is 24.3 Å². The van der Waals surface area contributed by atoms with E-state index in [0.717, 1.165) is 12.1 Å². The van der Waals surface area contributed by atoms with Gasteiger partial charge in [-0.3, -0.25) is 13.7 Å². The number of rotatable bonds is 9. The normalized spacial score (nSPS) is 13.0. The van der Waals surface area contributed by atoms with Crippen molar-refractivity contribution in [2.24, 2.45) is 10.2 Å². The first-order valence-electron chi connectivity index (χ1n) is 9.80. The third-order valence-corrected chi connectivity index (χ3v) is 8.68. The van der Waals surface area contributed by atoms with Gasteiger partial charge in [0.15, 0.2) is 9.84 Å². The van der Waals surface area contributed by atoms with E-state index in [-0.39, 0.29) is 17.1 Å². The second kappa shape index (κ2) is 11.5. The molecule has 0 aliphatic carbocycles. The van der Waals surface area contributed by atoms with Gasteiger partial charge in [-0.25, -0.2) is 12.6 Å². The number of benzene rings is 3. The Morgan fingerprint density at radius 3 is 1.98 bits per heavy atom. The number of fused-ring (bicyclic) bond motifs is 1. The molecule has 0 spiro atoms. The van der Waals surface area contributed by atoms with E-state index in [1.807, 2.05) is 0 Å². The zero-order valence-corrected chi connectivity index (χ0v) is 23.3. The van der Waals surface area contributed by atoms with Crippen LogP contribution < -0.4 is 15.9 Å². The summed E-state index contributed by atoms with van der Waals surface area (Å²) >= 11 is 0. The van der Waals surface area contributed by atoms with Gasteiger partial charge >= 0.3 is 27.5 Å². The zero-order valence-electron chi connectivity index (χ0n) is 19.1. The van der Waals surface area contributed by atoms with Crippen LogP contribution in [0.4, 0.5) is 17.1 Å². The Kier molecular flexibility index (Phi) is 9.59. The summed E-state index contributed by atoms with van der Waals surface area (Å²) in [5.41, 5.74) is 3.56. The maximum Gasteiger partial charge on any atom is 2.00 e. The Hall–Kier alpha value is -2.92. The average Bonchev–Trinajstić information content (AvgIpc) is 2.76. The smallest absolute Gasteiger partial charge is 0.871 e. The standard InChI is InChI=1S/C18H17N3O14S4.Cu/c19-12-7-11(37(26,27)28)5-9-6-15(38(29,30)31)17(18(23)16(9)12)21-20-13-2-1-10(8-14(13)22)36(24,25)4-3-35-39(32,33)34;/h1-2,5-8,22-23H,3-4,19H2,(H,26,27,28)(H,29,30,31)(H,32,33,34);/q;+2/p-2. The number of nitrogens with two attached hydrogens (primary N) is 1. The molecule has 0 aliphatic rings. The van der Waals surface area contributed by atoms with Gasteiger partial charge in [-0.15, -0.1) is 5.11 Å². The molecule has 0 bridgehead atoms. The van der Waals surface area contributed by atoms with Gasteiger partial charge in [0.05, 0.1) is 33.5 Å². The Morgan fingerprint density at radius 2 is 1.45 bits per heavy atom. The van der Waals surface area contributed by atoms with Crippen LogP contribution in [0.3, 0.4) is 0 Å². The molecule has 22 heteroatoms. The van der Waals surface area contributed by atoms with Crippen molar-refractivity contribution >= 4 is 68.3 Å². The van der Waals surface area contributed by atoms with E-state index in [1.165, 1.54) is 0 Å². The molecule has 0 saturated carbocycles. The number of nitrogen functional groups attached to an aromatic ring is 1. The summed E-state index contributed by atoms with van der Waals surface area (Å²) in [5.74, 6) is -3.29. The maximum atomic E-state index is 13.0. The fourth-order valence-corrected chi connectivity index (χ4v) is 5.86. The average molecular weight is 689 g/mol. The van der Waals surface area contributed by atoms with E-state index in [2.05, 4.69) is 14.4 Å². The van der Waals surface area contributed by atoms with Gasteiger partial charge in [-0.2, -0.15) is 30.4 Å². The van der Waals surface area contributed by atoms with E-state index in [4.69, 9.17) is 10.3 Å². The summed E-state index contributed by atoms with van der Waals surface area (Å²) in [7, 11) is -19.2. The number of hydrogen-bond acceptors (Lipinski definition) is 14. The van der Waals surface area contributed by atoms with Gasteiger partial charge in [-0.05, 0) is 47.2 Å². The molecule has 221 valence electrons. The van der Waals surface area contributed by atoms with Crippen molar-refractivity contribution in [3.63, 3.8) is 0 Å². The Morgan fingerprint density at radius 1 is 0.825 bits per heavy atom. The summed E-state index contributed by atoms with van der Waals surface area (Å²) in [5, 5.41) is 31.4. The number of hydrogen-bond donors (Lipinski definition) is 4. The Bertz CT molecular complexity index is 1960. The van der Waals surface area contributed by atoms with Crippen LogP contribution in [0.2, 0.25) is 0 Å². The second-order valence-corrected chi connectivity index (χ2v) is 13.5. The molecule has 3 aromatic carbocycles. The molecule has 0 heterocycles. The van der Waals surface area contributed by atoms with Crippen LogP contribution in [-0.2, 0) is 61.7 Å². The minimum absolute atomic E-state index is 0. The predicted molar refractivity (Wildman–Crippen MR) is 127 cm³/mol. The van der Waals surface area contributed by atoms with Gasteiger partial charge in [0.1, 0.15) is 4.90 Å². The molecule has 3 aromatic rings. The fraction of sp³-hybridized carbons (Fsp3) is 0.111. The van der Waals surface area contributed by atoms with E-state index in [9.17, 15) is 53.0 Å². The van der Waals surface area contributed by atoms with Gasteiger partial charge in [0.2, 0.25) is 0 Å². The first-order valence-corrected chi connectivity index (χ1v) is 15.7. The molecule has 17 nitrogen and oxygen atoms in total. The predicted octanol–water partition coefficient (Wildman–Crippen LogP) is 0.0686.